The van der Waals surface area contributed by atoms with Crippen molar-refractivity contribution in [3.63, 3.8) is 0 Å². The zero-order valence-electron chi connectivity index (χ0n) is 19.0. The van der Waals surface area contributed by atoms with Gasteiger partial charge in [-0.2, -0.15) is 0 Å². The smallest absolute Gasteiger partial charge is 0.0584 e. The van der Waals surface area contributed by atoms with Gasteiger partial charge in [-0.15, -0.1) is 0 Å². The number of allylic oxidation sites excluding steroid dienone is 1. The van der Waals surface area contributed by atoms with Crippen molar-refractivity contribution in [2.75, 3.05) is 13.2 Å². The molecule has 3 nitrogen and oxygen atoms in total. The summed E-state index contributed by atoms with van der Waals surface area (Å²) >= 11 is 0. The van der Waals surface area contributed by atoms with Crippen molar-refractivity contribution in [3.05, 3.63) is 65.4 Å². The topological polar surface area (TPSA) is 48.0 Å². The maximum Gasteiger partial charge on any atom is 0.0584 e. The first-order valence-corrected chi connectivity index (χ1v) is 11.0. The predicted octanol–water partition coefficient (Wildman–Crippen LogP) is 6.24. The number of nitrogens with one attached hydrogen (secondary N) is 2. The summed E-state index contributed by atoms with van der Waals surface area (Å²) < 4.78 is 0. The molecule has 1 unspecified atom stereocenters. The highest BCUT2D eigenvalue weighted by Crippen LogP contribution is 2.27. The molecule has 1 saturated heterocycles. The molecule has 1 fully saturated rings. The van der Waals surface area contributed by atoms with Crippen molar-refractivity contribution < 1.29 is 5.11 Å². The number of hydrogen-bond acceptors (Lipinski definition) is 2. The Kier molecular flexibility index (Phi) is 7.17. The van der Waals surface area contributed by atoms with Crippen LogP contribution in [0.4, 0.5) is 0 Å². The molecule has 0 bridgehead atoms. The Morgan fingerprint density at radius 1 is 1.03 bits per heavy atom. The predicted molar refractivity (Wildman–Crippen MR) is 130 cm³/mol. The molecular formula is C27H36N2O. The second-order valence-corrected chi connectivity index (χ2v) is 9.56. The summed E-state index contributed by atoms with van der Waals surface area (Å²) in [5.41, 5.74) is 7.71. The largest absolute Gasteiger partial charge is 0.395 e. The minimum Gasteiger partial charge on any atom is -0.395 e. The van der Waals surface area contributed by atoms with Crippen molar-refractivity contribution >= 4 is 17.0 Å². The molecule has 1 aliphatic rings. The van der Waals surface area contributed by atoms with Crippen LogP contribution in [-0.4, -0.2) is 29.3 Å². The highest BCUT2D eigenvalue weighted by atomic mass is 16.3. The summed E-state index contributed by atoms with van der Waals surface area (Å²) in [4.78, 5) is 3.39. The first-order chi connectivity index (χ1) is 14.2. The van der Waals surface area contributed by atoms with Crippen LogP contribution >= 0.6 is 0 Å². The van der Waals surface area contributed by atoms with Gasteiger partial charge in [0.25, 0.3) is 0 Å². The van der Waals surface area contributed by atoms with Crippen molar-refractivity contribution in [2.45, 2.75) is 53.5 Å². The number of rotatable bonds is 3. The summed E-state index contributed by atoms with van der Waals surface area (Å²) in [6.45, 7) is 12.3. The standard InChI is InChI=1S/C22H25N.C5H11NO/c1-15-10-17(8-9-22(3,4)5)13-19(11-15)18-6-7-21-20(14-18)12-16(2)23-21;7-4-5-2-1-3-6-5/h6-14,23H,1-5H3;5-7H,1-4H2/b9-8+;. The second kappa shape index (κ2) is 9.63. The van der Waals surface area contributed by atoms with E-state index in [9.17, 15) is 0 Å². The van der Waals surface area contributed by atoms with Gasteiger partial charge in [-0.25, -0.2) is 0 Å². The number of aryl methyl sites for hydroxylation is 2. The van der Waals surface area contributed by atoms with Crippen LogP contribution in [0.5, 0.6) is 0 Å². The number of benzene rings is 2. The molecule has 160 valence electrons. The van der Waals surface area contributed by atoms with Crippen LogP contribution in [-0.2, 0) is 0 Å². The Labute approximate surface area is 181 Å². The van der Waals surface area contributed by atoms with Gasteiger partial charge in [0.15, 0.2) is 0 Å². The molecule has 1 aliphatic heterocycles. The summed E-state index contributed by atoms with van der Waals surface area (Å²) in [6.07, 6.45) is 6.88. The zero-order valence-corrected chi connectivity index (χ0v) is 19.0. The van der Waals surface area contributed by atoms with E-state index in [-0.39, 0.29) is 5.41 Å². The van der Waals surface area contributed by atoms with E-state index in [1.165, 1.54) is 45.3 Å². The first kappa shape index (κ1) is 22.3. The number of H-pyrrole nitrogens is 1. The highest BCUT2D eigenvalue weighted by molar-refractivity contribution is 5.86. The van der Waals surface area contributed by atoms with Crippen LogP contribution in [0.15, 0.2) is 48.5 Å². The number of aliphatic hydroxyl groups excluding tert-OH is 1. The Hall–Kier alpha value is -2.36. The summed E-state index contributed by atoms with van der Waals surface area (Å²) in [6, 6.07) is 16.0. The van der Waals surface area contributed by atoms with Crippen LogP contribution in [0.2, 0.25) is 0 Å². The average Bonchev–Trinajstić information content (AvgIpc) is 3.33. The van der Waals surface area contributed by atoms with Crippen molar-refractivity contribution in [1.82, 2.24) is 10.3 Å². The molecule has 3 N–H and O–H groups in total. The Morgan fingerprint density at radius 2 is 1.83 bits per heavy atom. The fourth-order valence-corrected chi connectivity index (χ4v) is 3.79. The third kappa shape index (κ3) is 6.32. The molecular weight excluding hydrogens is 368 g/mol. The van der Waals surface area contributed by atoms with Crippen LogP contribution in [0, 0.1) is 19.3 Å². The minimum atomic E-state index is 0.200. The average molecular weight is 405 g/mol. The fourth-order valence-electron chi connectivity index (χ4n) is 3.79. The molecule has 2 aromatic carbocycles. The van der Waals surface area contributed by atoms with Gasteiger partial charge in [0.05, 0.1) is 6.61 Å². The Bertz CT molecular complexity index is 1000. The van der Waals surface area contributed by atoms with Gasteiger partial charge in [0, 0.05) is 22.6 Å². The van der Waals surface area contributed by atoms with Crippen molar-refractivity contribution in [1.29, 1.82) is 0 Å². The van der Waals surface area contributed by atoms with Crippen LogP contribution in [0.3, 0.4) is 0 Å². The zero-order chi connectivity index (χ0) is 21.7. The van der Waals surface area contributed by atoms with Crippen LogP contribution < -0.4 is 5.32 Å². The van der Waals surface area contributed by atoms with Gasteiger partial charge in [-0.05, 0) is 85.2 Å². The first-order valence-electron chi connectivity index (χ1n) is 11.0. The Balaban J connectivity index is 0.000000310. The van der Waals surface area contributed by atoms with Crippen molar-refractivity contribution in [2.24, 2.45) is 5.41 Å². The maximum atomic E-state index is 8.50. The van der Waals surface area contributed by atoms with E-state index in [0.717, 1.165) is 13.0 Å². The van der Waals surface area contributed by atoms with Gasteiger partial charge in [-0.1, -0.05) is 51.1 Å². The number of aliphatic hydroxyl groups is 1. The summed E-state index contributed by atoms with van der Waals surface area (Å²) in [5.74, 6) is 0. The monoisotopic (exact) mass is 404 g/mol. The molecule has 1 aromatic heterocycles. The van der Waals surface area contributed by atoms with Gasteiger partial charge in [0.1, 0.15) is 0 Å². The quantitative estimate of drug-likeness (QED) is 0.484. The number of hydrogen-bond donors (Lipinski definition) is 3. The highest BCUT2D eigenvalue weighted by Gasteiger charge is 2.11. The maximum absolute atomic E-state index is 8.50. The van der Waals surface area contributed by atoms with E-state index in [2.05, 4.69) is 99.5 Å². The summed E-state index contributed by atoms with van der Waals surface area (Å²) in [7, 11) is 0. The van der Waals surface area contributed by atoms with Crippen LogP contribution in [0.25, 0.3) is 28.1 Å². The SMILES string of the molecule is Cc1cc(/C=C/C(C)(C)C)cc(-c2ccc3[nH]c(C)cc3c2)c1.OCC1CCCN1. The van der Waals surface area contributed by atoms with Crippen molar-refractivity contribution in [3.8, 4) is 11.1 Å². The van der Waals surface area contributed by atoms with Gasteiger partial charge >= 0.3 is 0 Å². The third-order valence-corrected chi connectivity index (χ3v) is 5.35. The molecule has 3 aromatic rings. The molecule has 1 atom stereocenters. The van der Waals surface area contributed by atoms with E-state index in [4.69, 9.17) is 5.11 Å². The van der Waals surface area contributed by atoms with E-state index in [1.54, 1.807) is 0 Å². The van der Waals surface area contributed by atoms with Gasteiger partial charge in [-0.3, -0.25) is 0 Å². The molecule has 3 heteroatoms. The minimum absolute atomic E-state index is 0.200. The molecule has 0 radical (unpaired) electrons. The molecule has 4 rings (SSSR count). The molecule has 0 spiro atoms. The Morgan fingerprint density at radius 3 is 2.47 bits per heavy atom. The molecule has 0 saturated carbocycles. The third-order valence-electron chi connectivity index (χ3n) is 5.35. The lowest BCUT2D eigenvalue weighted by atomic mass is 9.94. The van der Waals surface area contributed by atoms with E-state index in [1.807, 2.05) is 0 Å². The number of fused-ring (bicyclic) bond motifs is 1. The number of aromatic nitrogens is 1. The fraction of sp³-hybridized carbons (Fsp3) is 0.407. The lowest BCUT2D eigenvalue weighted by molar-refractivity contribution is 0.255. The molecule has 2 heterocycles. The molecule has 30 heavy (non-hydrogen) atoms. The summed E-state index contributed by atoms with van der Waals surface area (Å²) in [5, 5.41) is 12.9. The van der Waals surface area contributed by atoms with E-state index in [0.29, 0.717) is 12.6 Å². The lowest BCUT2D eigenvalue weighted by Crippen LogP contribution is -2.24. The molecule has 0 aliphatic carbocycles. The number of aromatic amines is 1. The second-order valence-electron chi connectivity index (χ2n) is 9.56. The van der Waals surface area contributed by atoms with Crippen LogP contribution in [0.1, 0.15) is 50.4 Å². The van der Waals surface area contributed by atoms with Gasteiger partial charge in [0.2, 0.25) is 0 Å². The van der Waals surface area contributed by atoms with Gasteiger partial charge < -0.3 is 15.4 Å². The van der Waals surface area contributed by atoms with E-state index >= 15 is 0 Å². The lowest BCUT2D eigenvalue weighted by Gasteiger charge is -2.12. The normalized spacial score (nSPS) is 16.8. The molecule has 0 amide bonds. The van der Waals surface area contributed by atoms with E-state index < -0.39 is 0 Å².